The van der Waals surface area contributed by atoms with Gasteiger partial charge in [0.25, 0.3) is 0 Å². The Hall–Kier alpha value is -0.610. The fraction of sp³-hybridized carbons (Fsp3) is 0.909. The lowest BCUT2D eigenvalue weighted by molar-refractivity contribution is -0.152. The second kappa shape index (κ2) is 7.65. The second-order valence-corrected chi connectivity index (χ2v) is 4.12. The quantitative estimate of drug-likeness (QED) is 0.624. The van der Waals surface area contributed by atoms with Crippen LogP contribution in [0.5, 0.6) is 0 Å². The molecule has 3 atom stereocenters. The van der Waals surface area contributed by atoms with Gasteiger partial charge in [0.1, 0.15) is 12.7 Å². The van der Waals surface area contributed by atoms with Crippen molar-refractivity contribution in [1.29, 1.82) is 0 Å². The molecular formula is C11H22O4. The van der Waals surface area contributed by atoms with Gasteiger partial charge in [-0.1, -0.05) is 27.2 Å². The molecule has 0 fully saturated rings. The van der Waals surface area contributed by atoms with Gasteiger partial charge in [-0.2, -0.15) is 0 Å². The average molecular weight is 218 g/mol. The van der Waals surface area contributed by atoms with Crippen LogP contribution in [0.25, 0.3) is 0 Å². The van der Waals surface area contributed by atoms with E-state index in [9.17, 15) is 4.79 Å². The molecule has 0 aliphatic heterocycles. The highest BCUT2D eigenvalue weighted by Crippen LogP contribution is 2.15. The van der Waals surface area contributed by atoms with Crippen molar-refractivity contribution in [1.82, 2.24) is 0 Å². The Kier molecular flexibility index (Phi) is 7.34. The molecule has 15 heavy (non-hydrogen) atoms. The number of ether oxygens (including phenoxy) is 1. The molecule has 0 saturated carbocycles. The van der Waals surface area contributed by atoms with Crippen molar-refractivity contribution >= 4 is 5.97 Å². The van der Waals surface area contributed by atoms with Crippen LogP contribution in [-0.2, 0) is 9.53 Å². The highest BCUT2D eigenvalue weighted by Gasteiger charge is 2.17. The summed E-state index contributed by atoms with van der Waals surface area (Å²) in [6, 6.07) is 0. The summed E-state index contributed by atoms with van der Waals surface area (Å²) in [5.41, 5.74) is 0. The lowest BCUT2D eigenvalue weighted by Gasteiger charge is -2.16. The molecule has 0 bridgehead atoms. The first kappa shape index (κ1) is 14.4. The van der Waals surface area contributed by atoms with Gasteiger partial charge in [-0.25, -0.2) is 0 Å². The Morgan fingerprint density at radius 2 is 2.00 bits per heavy atom. The Morgan fingerprint density at radius 1 is 1.40 bits per heavy atom. The summed E-state index contributed by atoms with van der Waals surface area (Å²) in [4.78, 5) is 11.4. The highest BCUT2D eigenvalue weighted by molar-refractivity contribution is 5.71. The standard InChI is InChI=1S/C11H22O4/c1-4-8(2)5-9(3)11(14)15-7-10(13)6-12/h8-10,12-13H,4-7H2,1-3H3. The summed E-state index contributed by atoms with van der Waals surface area (Å²) in [6.45, 7) is 5.48. The number of hydrogen-bond acceptors (Lipinski definition) is 4. The maximum Gasteiger partial charge on any atom is 0.308 e. The third-order valence-corrected chi connectivity index (χ3v) is 2.48. The number of aliphatic hydroxyl groups is 2. The Bertz CT molecular complexity index is 181. The minimum absolute atomic E-state index is 0.125. The Morgan fingerprint density at radius 3 is 2.47 bits per heavy atom. The van der Waals surface area contributed by atoms with Gasteiger partial charge in [0.05, 0.1) is 12.5 Å². The molecule has 0 amide bonds. The molecule has 0 heterocycles. The van der Waals surface area contributed by atoms with Crippen LogP contribution in [0.2, 0.25) is 0 Å². The summed E-state index contributed by atoms with van der Waals surface area (Å²) in [6.07, 6.45) is 0.867. The van der Waals surface area contributed by atoms with E-state index in [-0.39, 0.29) is 25.1 Å². The monoisotopic (exact) mass is 218 g/mol. The molecule has 0 aromatic heterocycles. The lowest BCUT2D eigenvalue weighted by Crippen LogP contribution is -2.25. The Labute approximate surface area is 91.3 Å². The maximum atomic E-state index is 11.4. The zero-order valence-corrected chi connectivity index (χ0v) is 9.77. The summed E-state index contributed by atoms with van der Waals surface area (Å²) in [5, 5.41) is 17.5. The molecule has 0 aromatic rings. The van der Waals surface area contributed by atoms with Gasteiger partial charge in [0.2, 0.25) is 0 Å². The highest BCUT2D eigenvalue weighted by atomic mass is 16.5. The molecule has 0 aliphatic rings. The van der Waals surface area contributed by atoms with E-state index >= 15 is 0 Å². The van der Waals surface area contributed by atoms with Gasteiger partial charge in [0, 0.05) is 0 Å². The fourth-order valence-electron chi connectivity index (χ4n) is 1.24. The van der Waals surface area contributed by atoms with Crippen LogP contribution in [0.1, 0.15) is 33.6 Å². The molecule has 0 aromatic carbocycles. The summed E-state index contributed by atoms with van der Waals surface area (Å²) in [5.74, 6) is 0.0453. The van der Waals surface area contributed by atoms with Gasteiger partial charge in [0.15, 0.2) is 0 Å². The second-order valence-electron chi connectivity index (χ2n) is 4.12. The summed E-state index contributed by atoms with van der Waals surface area (Å²) >= 11 is 0. The number of rotatable bonds is 7. The minimum atomic E-state index is -0.968. The van der Waals surface area contributed by atoms with Gasteiger partial charge in [-0.3, -0.25) is 4.79 Å². The largest absolute Gasteiger partial charge is 0.463 e. The van der Waals surface area contributed by atoms with Crippen LogP contribution in [0, 0.1) is 11.8 Å². The third kappa shape index (κ3) is 6.47. The Balaban J connectivity index is 3.79. The van der Waals surface area contributed by atoms with E-state index in [1.807, 2.05) is 6.92 Å². The molecule has 90 valence electrons. The van der Waals surface area contributed by atoms with Crippen molar-refractivity contribution in [3.63, 3.8) is 0 Å². The van der Waals surface area contributed by atoms with E-state index in [1.165, 1.54) is 0 Å². The molecule has 3 unspecified atom stereocenters. The fourth-order valence-corrected chi connectivity index (χ4v) is 1.24. The molecule has 4 nitrogen and oxygen atoms in total. The third-order valence-electron chi connectivity index (χ3n) is 2.48. The van der Waals surface area contributed by atoms with Gasteiger partial charge in [-0.15, -0.1) is 0 Å². The van der Waals surface area contributed by atoms with Gasteiger partial charge in [-0.05, 0) is 12.3 Å². The van der Waals surface area contributed by atoms with Crippen LogP contribution < -0.4 is 0 Å². The summed E-state index contributed by atoms with van der Waals surface area (Å²) < 4.78 is 4.85. The van der Waals surface area contributed by atoms with Crippen LogP contribution in [0.15, 0.2) is 0 Å². The maximum absolute atomic E-state index is 11.4. The van der Waals surface area contributed by atoms with Crippen molar-refractivity contribution in [3.8, 4) is 0 Å². The van der Waals surface area contributed by atoms with Crippen molar-refractivity contribution in [2.75, 3.05) is 13.2 Å². The number of carbonyl (C=O) groups excluding carboxylic acids is 1. The van der Waals surface area contributed by atoms with E-state index in [1.54, 1.807) is 0 Å². The van der Waals surface area contributed by atoms with Gasteiger partial charge < -0.3 is 14.9 Å². The predicted octanol–water partition coefficient (Wildman–Crippen LogP) is 0.955. The van der Waals surface area contributed by atoms with Gasteiger partial charge >= 0.3 is 5.97 Å². The first-order valence-electron chi connectivity index (χ1n) is 5.46. The van der Waals surface area contributed by atoms with Crippen LogP contribution in [0.4, 0.5) is 0 Å². The van der Waals surface area contributed by atoms with Crippen molar-refractivity contribution in [3.05, 3.63) is 0 Å². The van der Waals surface area contributed by atoms with Crippen LogP contribution >= 0.6 is 0 Å². The first-order valence-corrected chi connectivity index (χ1v) is 5.46. The zero-order chi connectivity index (χ0) is 11.8. The lowest BCUT2D eigenvalue weighted by atomic mass is 9.95. The number of hydrogen-bond donors (Lipinski definition) is 2. The molecule has 0 saturated heterocycles. The number of aliphatic hydroxyl groups excluding tert-OH is 2. The molecule has 0 spiro atoms. The smallest absolute Gasteiger partial charge is 0.308 e. The van der Waals surface area contributed by atoms with Crippen LogP contribution in [0.3, 0.4) is 0 Å². The van der Waals surface area contributed by atoms with E-state index in [4.69, 9.17) is 14.9 Å². The number of esters is 1. The van der Waals surface area contributed by atoms with E-state index in [0.29, 0.717) is 5.92 Å². The van der Waals surface area contributed by atoms with Crippen molar-refractivity contribution in [2.24, 2.45) is 11.8 Å². The molecular weight excluding hydrogens is 196 g/mol. The van der Waals surface area contributed by atoms with E-state index < -0.39 is 6.10 Å². The zero-order valence-electron chi connectivity index (χ0n) is 9.77. The molecule has 0 radical (unpaired) electrons. The minimum Gasteiger partial charge on any atom is -0.463 e. The van der Waals surface area contributed by atoms with E-state index in [2.05, 4.69) is 13.8 Å². The van der Waals surface area contributed by atoms with Crippen molar-refractivity contribution < 1.29 is 19.7 Å². The first-order chi connectivity index (χ1) is 7.01. The average Bonchev–Trinajstić information content (AvgIpc) is 2.24. The van der Waals surface area contributed by atoms with Crippen LogP contribution in [-0.4, -0.2) is 35.5 Å². The molecule has 0 rings (SSSR count). The topological polar surface area (TPSA) is 66.8 Å². The normalized spacial score (nSPS) is 16.9. The molecule has 0 aliphatic carbocycles. The van der Waals surface area contributed by atoms with Crippen molar-refractivity contribution in [2.45, 2.75) is 39.7 Å². The molecule has 4 heteroatoms. The van der Waals surface area contributed by atoms with E-state index in [0.717, 1.165) is 12.8 Å². The summed E-state index contributed by atoms with van der Waals surface area (Å²) in [7, 11) is 0. The molecule has 2 N–H and O–H groups in total. The SMILES string of the molecule is CCC(C)CC(C)C(=O)OCC(O)CO. The number of carbonyl (C=O) groups is 1. The predicted molar refractivity (Wildman–Crippen MR) is 57.3 cm³/mol.